The summed E-state index contributed by atoms with van der Waals surface area (Å²) < 4.78 is 0. The Hall–Kier alpha value is -2.57. The van der Waals surface area contributed by atoms with Crippen LogP contribution in [0.4, 0.5) is 5.69 Å². The lowest BCUT2D eigenvalue weighted by Crippen LogP contribution is -2.29. The molecule has 106 valence electrons. The standard InChI is InChI=1S/C13H14N2O5/c1-2-3-4-8(16)15-6-5-7-10(15)11(17)9(13(19)20)12(18)14-7/h2H,1,3-6H2,(H,19,20)(H2,14,17,18). The smallest absolute Gasteiger partial charge is 0.345 e. The van der Waals surface area contributed by atoms with Crippen LogP contribution in [-0.2, 0) is 11.2 Å². The summed E-state index contributed by atoms with van der Waals surface area (Å²) in [6, 6.07) is 0. The van der Waals surface area contributed by atoms with Crippen LogP contribution >= 0.6 is 0 Å². The number of aromatic hydroxyl groups is 1. The summed E-state index contributed by atoms with van der Waals surface area (Å²) in [7, 11) is 0. The number of hydrogen-bond donors (Lipinski definition) is 3. The van der Waals surface area contributed by atoms with Crippen LogP contribution in [0.15, 0.2) is 17.4 Å². The highest BCUT2D eigenvalue weighted by atomic mass is 16.4. The molecule has 7 heteroatoms. The van der Waals surface area contributed by atoms with E-state index in [0.717, 1.165) is 0 Å². The molecule has 1 amide bonds. The first-order valence-corrected chi connectivity index (χ1v) is 6.10. The fourth-order valence-electron chi connectivity index (χ4n) is 2.24. The molecule has 20 heavy (non-hydrogen) atoms. The van der Waals surface area contributed by atoms with Gasteiger partial charge in [0.15, 0.2) is 11.3 Å². The minimum atomic E-state index is -1.53. The van der Waals surface area contributed by atoms with Crippen molar-refractivity contribution in [3.8, 4) is 5.75 Å². The molecule has 0 aromatic carbocycles. The van der Waals surface area contributed by atoms with Crippen molar-refractivity contribution in [2.24, 2.45) is 0 Å². The van der Waals surface area contributed by atoms with Gasteiger partial charge in [0.1, 0.15) is 5.69 Å². The third-order valence-electron chi connectivity index (χ3n) is 3.17. The van der Waals surface area contributed by atoms with Crippen LogP contribution in [-0.4, -0.2) is 33.6 Å². The Bertz CT molecular complexity index is 647. The molecule has 1 aliphatic heterocycles. The molecule has 0 saturated heterocycles. The highest BCUT2D eigenvalue weighted by molar-refractivity contribution is 6.00. The Morgan fingerprint density at radius 1 is 1.45 bits per heavy atom. The molecular weight excluding hydrogens is 264 g/mol. The van der Waals surface area contributed by atoms with Gasteiger partial charge >= 0.3 is 5.97 Å². The van der Waals surface area contributed by atoms with E-state index in [1.807, 2.05) is 0 Å². The van der Waals surface area contributed by atoms with Gasteiger partial charge in [-0.3, -0.25) is 9.59 Å². The number of fused-ring (bicyclic) bond motifs is 1. The van der Waals surface area contributed by atoms with Gasteiger partial charge in [0, 0.05) is 25.1 Å². The average molecular weight is 278 g/mol. The molecule has 1 aromatic heterocycles. The lowest BCUT2D eigenvalue weighted by Gasteiger charge is -2.18. The van der Waals surface area contributed by atoms with Crippen molar-refractivity contribution in [1.29, 1.82) is 0 Å². The molecule has 1 aromatic rings. The maximum Gasteiger partial charge on any atom is 0.345 e. The maximum absolute atomic E-state index is 12.0. The zero-order valence-corrected chi connectivity index (χ0v) is 10.7. The summed E-state index contributed by atoms with van der Waals surface area (Å²) in [4.78, 5) is 38.3. The first kappa shape index (κ1) is 13.9. The second kappa shape index (κ2) is 5.20. The summed E-state index contributed by atoms with van der Waals surface area (Å²) in [6.07, 6.45) is 2.67. The van der Waals surface area contributed by atoms with Gasteiger partial charge in [-0.15, -0.1) is 6.58 Å². The van der Waals surface area contributed by atoms with Crippen LogP contribution in [0.3, 0.4) is 0 Å². The molecule has 0 atom stereocenters. The predicted octanol–water partition coefficient (Wildman–Crippen LogP) is 0.634. The highest BCUT2D eigenvalue weighted by Gasteiger charge is 2.32. The Labute approximate surface area is 114 Å². The van der Waals surface area contributed by atoms with Crippen molar-refractivity contribution in [3.05, 3.63) is 34.3 Å². The van der Waals surface area contributed by atoms with E-state index in [2.05, 4.69) is 11.6 Å². The minimum absolute atomic E-state index is 0.0936. The minimum Gasteiger partial charge on any atom is -0.505 e. The van der Waals surface area contributed by atoms with Gasteiger partial charge in [-0.1, -0.05) is 6.08 Å². The van der Waals surface area contributed by atoms with Gasteiger partial charge in [-0.25, -0.2) is 4.79 Å². The largest absolute Gasteiger partial charge is 0.505 e. The van der Waals surface area contributed by atoms with E-state index in [0.29, 0.717) is 25.1 Å². The zero-order valence-electron chi connectivity index (χ0n) is 10.7. The Morgan fingerprint density at radius 3 is 2.75 bits per heavy atom. The van der Waals surface area contributed by atoms with Crippen LogP contribution in [0.25, 0.3) is 0 Å². The van der Waals surface area contributed by atoms with Crippen LogP contribution < -0.4 is 10.5 Å². The highest BCUT2D eigenvalue weighted by Crippen LogP contribution is 2.36. The monoisotopic (exact) mass is 278 g/mol. The zero-order chi connectivity index (χ0) is 14.9. The number of aromatic nitrogens is 1. The molecule has 0 fully saturated rings. The van der Waals surface area contributed by atoms with Crippen LogP contribution in [0.5, 0.6) is 5.75 Å². The number of aromatic carboxylic acids is 1. The lowest BCUT2D eigenvalue weighted by atomic mass is 10.2. The number of nitrogens with one attached hydrogen (secondary N) is 1. The fourth-order valence-corrected chi connectivity index (χ4v) is 2.24. The maximum atomic E-state index is 12.0. The third kappa shape index (κ3) is 2.18. The van der Waals surface area contributed by atoms with Crippen molar-refractivity contribution < 1.29 is 19.8 Å². The van der Waals surface area contributed by atoms with Crippen LogP contribution in [0.1, 0.15) is 28.9 Å². The summed E-state index contributed by atoms with van der Waals surface area (Å²) in [5.74, 6) is -2.43. The molecular formula is C13H14N2O5. The molecule has 0 saturated carbocycles. The molecule has 1 aliphatic rings. The Morgan fingerprint density at radius 2 is 2.15 bits per heavy atom. The topological polar surface area (TPSA) is 111 Å². The molecule has 0 spiro atoms. The van der Waals surface area contributed by atoms with Gasteiger partial charge in [0.2, 0.25) is 5.91 Å². The van der Waals surface area contributed by atoms with Crippen LogP contribution in [0, 0.1) is 0 Å². The molecule has 3 N–H and O–H groups in total. The number of pyridine rings is 1. The second-order valence-electron chi connectivity index (χ2n) is 4.43. The predicted molar refractivity (Wildman–Crippen MR) is 71.2 cm³/mol. The quantitative estimate of drug-likeness (QED) is 0.700. The lowest BCUT2D eigenvalue weighted by molar-refractivity contribution is -0.118. The number of H-pyrrole nitrogens is 1. The molecule has 0 aliphatic carbocycles. The van der Waals surface area contributed by atoms with E-state index >= 15 is 0 Å². The SMILES string of the molecule is C=CCCC(=O)N1CCc2[nH]c(=O)c(C(=O)O)c(O)c21. The first-order chi connectivity index (χ1) is 9.47. The molecule has 2 rings (SSSR count). The fraction of sp³-hybridized carbons (Fsp3) is 0.308. The molecule has 2 heterocycles. The van der Waals surface area contributed by atoms with E-state index in [1.165, 1.54) is 4.90 Å². The third-order valence-corrected chi connectivity index (χ3v) is 3.17. The average Bonchev–Trinajstić information content (AvgIpc) is 2.79. The number of carbonyl (C=O) groups is 2. The van der Waals surface area contributed by atoms with E-state index in [1.54, 1.807) is 6.08 Å². The number of aromatic amines is 1. The summed E-state index contributed by atoms with van der Waals surface area (Å²) >= 11 is 0. The van der Waals surface area contributed by atoms with Crippen molar-refractivity contribution in [3.63, 3.8) is 0 Å². The van der Waals surface area contributed by atoms with E-state index < -0.39 is 22.8 Å². The molecule has 0 unspecified atom stereocenters. The normalized spacial score (nSPS) is 13.1. The summed E-state index contributed by atoms with van der Waals surface area (Å²) in [5, 5.41) is 18.9. The van der Waals surface area contributed by atoms with E-state index in [4.69, 9.17) is 5.11 Å². The summed E-state index contributed by atoms with van der Waals surface area (Å²) in [6.45, 7) is 3.83. The number of amides is 1. The molecule has 7 nitrogen and oxygen atoms in total. The number of carboxylic acids is 1. The van der Waals surface area contributed by atoms with Gasteiger partial charge in [0.25, 0.3) is 5.56 Å². The van der Waals surface area contributed by atoms with E-state index in [-0.39, 0.29) is 18.0 Å². The van der Waals surface area contributed by atoms with Crippen molar-refractivity contribution in [2.75, 3.05) is 11.4 Å². The number of rotatable bonds is 4. The molecule has 0 radical (unpaired) electrons. The number of nitrogens with zero attached hydrogens (tertiary/aromatic N) is 1. The van der Waals surface area contributed by atoms with Crippen molar-refractivity contribution in [2.45, 2.75) is 19.3 Å². The van der Waals surface area contributed by atoms with Gasteiger partial charge in [0.05, 0.1) is 0 Å². The summed E-state index contributed by atoms with van der Waals surface area (Å²) in [5.41, 5.74) is -1.14. The van der Waals surface area contributed by atoms with E-state index in [9.17, 15) is 19.5 Å². The molecule has 0 bridgehead atoms. The number of carbonyl (C=O) groups excluding carboxylic acids is 1. The number of carboxylic acid groups (broad SMARTS) is 1. The first-order valence-electron chi connectivity index (χ1n) is 6.10. The number of allylic oxidation sites excluding steroid dienone is 1. The number of hydrogen-bond acceptors (Lipinski definition) is 4. The van der Waals surface area contributed by atoms with Gasteiger partial charge in [-0.05, 0) is 6.42 Å². The number of anilines is 1. The van der Waals surface area contributed by atoms with Gasteiger partial charge < -0.3 is 20.1 Å². The second-order valence-corrected chi connectivity index (χ2v) is 4.43. The van der Waals surface area contributed by atoms with Crippen molar-refractivity contribution in [1.82, 2.24) is 4.98 Å². The Balaban J connectivity index is 2.48. The Kier molecular flexibility index (Phi) is 3.60. The van der Waals surface area contributed by atoms with Crippen molar-refractivity contribution >= 4 is 17.6 Å². The van der Waals surface area contributed by atoms with Crippen LogP contribution in [0.2, 0.25) is 0 Å². The van der Waals surface area contributed by atoms with Gasteiger partial charge in [-0.2, -0.15) is 0 Å².